The fourth-order valence-corrected chi connectivity index (χ4v) is 2.55. The number of nitrogens with one attached hydrogen (secondary N) is 1. The molecule has 120 valence electrons. The van der Waals surface area contributed by atoms with Crippen LogP contribution in [0.25, 0.3) is 0 Å². The van der Waals surface area contributed by atoms with Crippen molar-refractivity contribution < 1.29 is 0 Å². The highest BCUT2D eigenvalue weighted by molar-refractivity contribution is 5.43. The zero-order chi connectivity index (χ0) is 15.7. The van der Waals surface area contributed by atoms with Crippen molar-refractivity contribution >= 4 is 5.82 Å². The van der Waals surface area contributed by atoms with E-state index in [2.05, 4.69) is 57.0 Å². The van der Waals surface area contributed by atoms with E-state index in [1.165, 1.54) is 17.7 Å². The summed E-state index contributed by atoms with van der Waals surface area (Å²) in [5, 5.41) is 3.50. The Labute approximate surface area is 131 Å². The number of hydrogen-bond donors (Lipinski definition) is 1. The first-order chi connectivity index (χ1) is 10.1. The molecular weight excluding hydrogens is 258 g/mol. The van der Waals surface area contributed by atoms with Gasteiger partial charge in [-0.05, 0) is 57.4 Å². The zero-order valence-corrected chi connectivity index (χ0v) is 14.6. The van der Waals surface area contributed by atoms with E-state index < -0.39 is 0 Å². The minimum atomic E-state index is 0.491. The second-order valence-electron chi connectivity index (χ2n) is 6.04. The minimum Gasteiger partial charge on any atom is -0.354 e. The normalized spacial score (nSPS) is 11.1. The molecule has 3 nitrogen and oxygen atoms in total. The highest BCUT2D eigenvalue weighted by Gasteiger charge is 2.13. The number of aromatic nitrogens is 1. The van der Waals surface area contributed by atoms with Gasteiger partial charge >= 0.3 is 0 Å². The minimum absolute atomic E-state index is 0.491. The van der Waals surface area contributed by atoms with Gasteiger partial charge in [0, 0.05) is 24.8 Å². The maximum Gasteiger partial charge on any atom is 0.129 e. The third-order valence-corrected chi connectivity index (χ3v) is 3.57. The highest BCUT2D eigenvalue weighted by Crippen LogP contribution is 2.19. The quantitative estimate of drug-likeness (QED) is 0.656. The van der Waals surface area contributed by atoms with Crippen LogP contribution < -0.4 is 10.2 Å². The van der Waals surface area contributed by atoms with Gasteiger partial charge in [0.05, 0.1) is 0 Å². The number of hydrogen-bond acceptors (Lipinski definition) is 3. The van der Waals surface area contributed by atoms with Crippen LogP contribution in [0.1, 0.15) is 65.1 Å². The lowest BCUT2D eigenvalue weighted by Crippen LogP contribution is -2.32. The maximum atomic E-state index is 4.89. The fraction of sp³-hybridized carbons (Fsp3) is 0.722. The van der Waals surface area contributed by atoms with Gasteiger partial charge in [0.15, 0.2) is 0 Å². The lowest BCUT2D eigenvalue weighted by Gasteiger charge is -2.28. The van der Waals surface area contributed by atoms with E-state index in [-0.39, 0.29) is 0 Å². The molecule has 0 fully saturated rings. The Balaban J connectivity index is 2.98. The van der Waals surface area contributed by atoms with E-state index in [0.717, 1.165) is 44.7 Å². The summed E-state index contributed by atoms with van der Waals surface area (Å²) in [5.74, 6) is 1.14. The molecule has 0 unspecified atom stereocenters. The van der Waals surface area contributed by atoms with Crippen molar-refractivity contribution in [2.45, 2.75) is 72.9 Å². The van der Waals surface area contributed by atoms with Crippen LogP contribution in [0.15, 0.2) is 12.1 Å². The van der Waals surface area contributed by atoms with Crippen molar-refractivity contribution in [2.75, 3.05) is 18.0 Å². The van der Waals surface area contributed by atoms with Crippen LogP contribution in [0.2, 0.25) is 0 Å². The van der Waals surface area contributed by atoms with Crippen LogP contribution in [0.5, 0.6) is 0 Å². The average Bonchev–Trinajstić information content (AvgIpc) is 2.45. The van der Waals surface area contributed by atoms with Crippen molar-refractivity contribution in [3.05, 3.63) is 23.4 Å². The third kappa shape index (κ3) is 6.04. The molecule has 0 aliphatic carbocycles. The summed E-state index contributed by atoms with van der Waals surface area (Å²) in [6, 6.07) is 5.02. The van der Waals surface area contributed by atoms with Gasteiger partial charge in [-0.15, -0.1) is 0 Å². The Morgan fingerprint density at radius 3 is 2.43 bits per heavy atom. The predicted octanol–water partition coefficient (Wildman–Crippen LogP) is 4.16. The van der Waals surface area contributed by atoms with Gasteiger partial charge in [-0.2, -0.15) is 0 Å². The summed E-state index contributed by atoms with van der Waals surface area (Å²) in [5.41, 5.74) is 2.59. The summed E-state index contributed by atoms with van der Waals surface area (Å²) >= 11 is 0. The van der Waals surface area contributed by atoms with E-state index in [1.54, 1.807) is 0 Å². The molecule has 3 heteroatoms. The Morgan fingerprint density at radius 1 is 1.10 bits per heavy atom. The second kappa shape index (κ2) is 9.78. The molecule has 0 aliphatic rings. The molecule has 21 heavy (non-hydrogen) atoms. The lowest BCUT2D eigenvalue weighted by molar-refractivity contribution is 0.652. The zero-order valence-electron chi connectivity index (χ0n) is 14.6. The highest BCUT2D eigenvalue weighted by atomic mass is 15.2. The molecule has 0 saturated heterocycles. The number of anilines is 1. The molecule has 0 bridgehead atoms. The summed E-state index contributed by atoms with van der Waals surface area (Å²) in [4.78, 5) is 7.31. The predicted molar refractivity (Wildman–Crippen MR) is 93.0 cm³/mol. The van der Waals surface area contributed by atoms with Crippen molar-refractivity contribution in [2.24, 2.45) is 0 Å². The molecule has 0 aromatic carbocycles. The second-order valence-corrected chi connectivity index (χ2v) is 6.04. The molecule has 1 N–H and O–H groups in total. The van der Waals surface area contributed by atoms with Gasteiger partial charge in [0.1, 0.15) is 5.82 Å². The molecule has 0 aliphatic heterocycles. The largest absolute Gasteiger partial charge is 0.354 e. The Bertz CT molecular complexity index is 401. The molecule has 1 rings (SSSR count). The Hall–Kier alpha value is -1.09. The maximum absolute atomic E-state index is 4.89. The number of rotatable bonds is 10. The van der Waals surface area contributed by atoms with Crippen LogP contribution in [0.3, 0.4) is 0 Å². The SMILES string of the molecule is CCCNCc1cc(CCC)nc(N(CCC)C(C)C)c1. The van der Waals surface area contributed by atoms with Gasteiger partial charge in [-0.3, -0.25) is 0 Å². The van der Waals surface area contributed by atoms with Crippen molar-refractivity contribution in [1.82, 2.24) is 10.3 Å². The summed E-state index contributed by atoms with van der Waals surface area (Å²) in [6.45, 7) is 14.2. The number of pyridine rings is 1. The van der Waals surface area contributed by atoms with Crippen LogP contribution in [-0.2, 0) is 13.0 Å². The van der Waals surface area contributed by atoms with E-state index in [0.29, 0.717) is 6.04 Å². The van der Waals surface area contributed by atoms with Gasteiger partial charge < -0.3 is 10.2 Å². The number of aryl methyl sites for hydroxylation is 1. The lowest BCUT2D eigenvalue weighted by atomic mass is 10.1. The van der Waals surface area contributed by atoms with E-state index in [1.807, 2.05) is 0 Å². The molecule has 0 atom stereocenters. The van der Waals surface area contributed by atoms with Gasteiger partial charge in [-0.1, -0.05) is 27.2 Å². The van der Waals surface area contributed by atoms with Crippen LogP contribution in [-0.4, -0.2) is 24.1 Å². The van der Waals surface area contributed by atoms with Crippen LogP contribution in [0, 0.1) is 0 Å². The van der Waals surface area contributed by atoms with Crippen LogP contribution >= 0.6 is 0 Å². The van der Waals surface area contributed by atoms with Gasteiger partial charge in [0.2, 0.25) is 0 Å². The fourth-order valence-electron chi connectivity index (χ4n) is 2.55. The Kier molecular flexibility index (Phi) is 8.36. The monoisotopic (exact) mass is 291 g/mol. The first-order valence-electron chi connectivity index (χ1n) is 8.59. The smallest absolute Gasteiger partial charge is 0.129 e. The van der Waals surface area contributed by atoms with E-state index in [4.69, 9.17) is 4.98 Å². The summed E-state index contributed by atoms with van der Waals surface area (Å²) < 4.78 is 0. The molecular formula is C18H33N3. The average molecular weight is 291 g/mol. The molecule has 0 saturated carbocycles. The molecule has 0 spiro atoms. The summed E-state index contributed by atoms with van der Waals surface area (Å²) in [6.07, 6.45) is 4.54. The topological polar surface area (TPSA) is 28.2 Å². The standard InChI is InChI=1S/C18H33N3/c1-6-9-17-12-16(14-19-10-7-2)13-18(20-17)21(11-8-3)15(4)5/h12-13,15,19H,6-11,14H2,1-5H3. The van der Waals surface area contributed by atoms with Crippen molar-refractivity contribution in [3.63, 3.8) is 0 Å². The molecule has 0 amide bonds. The molecule has 1 heterocycles. The van der Waals surface area contributed by atoms with E-state index >= 15 is 0 Å². The third-order valence-electron chi connectivity index (χ3n) is 3.57. The van der Waals surface area contributed by atoms with Gasteiger partial charge in [-0.25, -0.2) is 4.98 Å². The first kappa shape index (κ1) is 18.0. The first-order valence-corrected chi connectivity index (χ1v) is 8.59. The summed E-state index contributed by atoms with van der Waals surface area (Å²) in [7, 11) is 0. The Morgan fingerprint density at radius 2 is 1.86 bits per heavy atom. The van der Waals surface area contributed by atoms with E-state index in [9.17, 15) is 0 Å². The van der Waals surface area contributed by atoms with Crippen molar-refractivity contribution in [3.8, 4) is 0 Å². The molecule has 1 aromatic rings. The van der Waals surface area contributed by atoms with Crippen molar-refractivity contribution in [1.29, 1.82) is 0 Å². The number of nitrogens with zero attached hydrogens (tertiary/aromatic N) is 2. The molecule has 1 aromatic heterocycles. The van der Waals surface area contributed by atoms with Crippen LogP contribution in [0.4, 0.5) is 5.82 Å². The van der Waals surface area contributed by atoms with Gasteiger partial charge in [0.25, 0.3) is 0 Å². The molecule has 0 radical (unpaired) electrons.